The highest BCUT2D eigenvalue weighted by atomic mass is 19.1. The first-order valence-electron chi connectivity index (χ1n) is 7.45. The van der Waals surface area contributed by atoms with Crippen molar-refractivity contribution < 1.29 is 18.3 Å². The quantitative estimate of drug-likeness (QED) is 0.835. The zero-order valence-corrected chi connectivity index (χ0v) is 11.9. The van der Waals surface area contributed by atoms with Crippen molar-refractivity contribution in [3.63, 3.8) is 0 Å². The number of halogens is 2. The molecule has 0 bridgehead atoms. The van der Waals surface area contributed by atoms with Crippen molar-refractivity contribution in [1.29, 1.82) is 0 Å². The molecule has 1 aliphatic heterocycles. The highest BCUT2D eigenvalue weighted by Gasteiger charge is 2.29. The van der Waals surface area contributed by atoms with E-state index in [0.29, 0.717) is 19.0 Å². The van der Waals surface area contributed by atoms with Crippen molar-refractivity contribution >= 4 is 5.91 Å². The number of amides is 1. The Morgan fingerprint density at radius 3 is 2.81 bits per heavy atom. The van der Waals surface area contributed by atoms with Gasteiger partial charge in [0.2, 0.25) is 5.91 Å². The molecular weight excluding hydrogens is 276 g/mol. The van der Waals surface area contributed by atoms with Crippen molar-refractivity contribution in [2.75, 3.05) is 19.7 Å². The Kier molecular flexibility index (Phi) is 4.19. The number of likely N-dealkylation sites (tertiary alicyclic amines) is 1. The Bertz CT molecular complexity index is 531. The van der Waals surface area contributed by atoms with E-state index >= 15 is 0 Å². The second-order valence-corrected chi connectivity index (χ2v) is 5.94. The lowest BCUT2D eigenvalue weighted by Gasteiger charge is -2.17. The summed E-state index contributed by atoms with van der Waals surface area (Å²) in [6.45, 7) is 2.02. The molecular formula is C16H19F2NO2. The van der Waals surface area contributed by atoms with Crippen LogP contribution < -0.4 is 0 Å². The average Bonchev–Trinajstić information content (AvgIpc) is 3.16. The Morgan fingerprint density at radius 1 is 1.29 bits per heavy atom. The molecule has 2 fully saturated rings. The van der Waals surface area contributed by atoms with Crippen LogP contribution in [0.3, 0.4) is 0 Å². The van der Waals surface area contributed by atoms with Gasteiger partial charge in [0.25, 0.3) is 0 Å². The lowest BCUT2D eigenvalue weighted by Crippen LogP contribution is -2.31. The maximum Gasteiger partial charge on any atom is 0.227 e. The van der Waals surface area contributed by atoms with Crippen molar-refractivity contribution in [1.82, 2.24) is 4.90 Å². The average molecular weight is 295 g/mol. The van der Waals surface area contributed by atoms with Crippen LogP contribution in [0, 0.1) is 17.6 Å². The van der Waals surface area contributed by atoms with E-state index in [1.54, 1.807) is 4.90 Å². The van der Waals surface area contributed by atoms with Gasteiger partial charge in [-0.25, -0.2) is 8.78 Å². The van der Waals surface area contributed by atoms with Crippen LogP contribution in [-0.4, -0.2) is 36.6 Å². The minimum atomic E-state index is -0.663. The number of ether oxygens (including phenoxy) is 1. The molecule has 1 unspecified atom stereocenters. The van der Waals surface area contributed by atoms with E-state index in [1.165, 1.54) is 25.0 Å². The fourth-order valence-corrected chi connectivity index (χ4v) is 2.59. The lowest BCUT2D eigenvalue weighted by atomic mass is 10.1. The van der Waals surface area contributed by atoms with Crippen molar-refractivity contribution in [3.8, 4) is 0 Å². The second-order valence-electron chi connectivity index (χ2n) is 5.94. The van der Waals surface area contributed by atoms with E-state index in [-0.39, 0.29) is 24.0 Å². The van der Waals surface area contributed by atoms with Gasteiger partial charge in [-0.1, -0.05) is 6.07 Å². The molecule has 114 valence electrons. The van der Waals surface area contributed by atoms with Crippen molar-refractivity contribution in [2.24, 2.45) is 5.92 Å². The van der Waals surface area contributed by atoms with Gasteiger partial charge in [0.1, 0.15) is 11.6 Å². The molecule has 21 heavy (non-hydrogen) atoms. The van der Waals surface area contributed by atoms with Gasteiger partial charge in [-0.05, 0) is 36.8 Å². The molecule has 1 aromatic carbocycles. The van der Waals surface area contributed by atoms with Crippen molar-refractivity contribution in [3.05, 3.63) is 35.4 Å². The zero-order chi connectivity index (χ0) is 14.8. The summed E-state index contributed by atoms with van der Waals surface area (Å²) >= 11 is 0. The summed E-state index contributed by atoms with van der Waals surface area (Å²) in [5.74, 6) is -0.705. The fourth-order valence-electron chi connectivity index (χ4n) is 2.59. The monoisotopic (exact) mass is 295 g/mol. The van der Waals surface area contributed by atoms with Crippen LogP contribution >= 0.6 is 0 Å². The summed E-state index contributed by atoms with van der Waals surface area (Å²) in [7, 11) is 0. The minimum Gasteiger partial charge on any atom is -0.376 e. The number of hydrogen-bond donors (Lipinski definition) is 0. The highest BCUT2D eigenvalue weighted by Crippen LogP contribution is 2.30. The number of rotatable bonds is 5. The van der Waals surface area contributed by atoms with Gasteiger partial charge in [-0.2, -0.15) is 0 Å². The van der Waals surface area contributed by atoms with E-state index < -0.39 is 11.6 Å². The summed E-state index contributed by atoms with van der Waals surface area (Å²) < 4.78 is 32.2. The number of carbonyl (C=O) groups excluding carboxylic acids is 1. The Labute approximate surface area is 122 Å². The third-order valence-corrected chi connectivity index (χ3v) is 4.12. The molecule has 0 radical (unpaired) electrons. The maximum atomic E-state index is 13.6. The summed E-state index contributed by atoms with van der Waals surface area (Å²) in [6.07, 6.45) is 3.41. The zero-order valence-electron chi connectivity index (χ0n) is 11.9. The first-order chi connectivity index (χ1) is 10.1. The molecule has 3 nitrogen and oxygen atoms in total. The Morgan fingerprint density at radius 2 is 2.10 bits per heavy atom. The molecule has 0 spiro atoms. The molecule has 3 rings (SSSR count). The number of carbonyl (C=O) groups is 1. The molecule has 1 atom stereocenters. The number of nitrogens with zero attached hydrogens (tertiary/aromatic N) is 1. The molecule has 2 aliphatic rings. The van der Waals surface area contributed by atoms with Crippen LogP contribution in [0.1, 0.15) is 24.8 Å². The standard InChI is InChI=1S/C16H19F2NO2/c17-13-4-3-12(15(18)8-13)7-16(20)19-6-5-14(9-19)21-10-11-1-2-11/h3-4,8,11,14H,1-2,5-7,9-10H2. The third-order valence-electron chi connectivity index (χ3n) is 4.12. The SMILES string of the molecule is O=C(Cc1ccc(F)cc1F)N1CCC(OCC2CC2)C1. The molecule has 0 aromatic heterocycles. The van der Waals surface area contributed by atoms with Gasteiger partial charge in [0.15, 0.2) is 0 Å². The van der Waals surface area contributed by atoms with Crippen LogP contribution in [0.2, 0.25) is 0 Å². The lowest BCUT2D eigenvalue weighted by molar-refractivity contribution is -0.130. The van der Waals surface area contributed by atoms with Gasteiger partial charge in [0, 0.05) is 25.8 Å². The normalized spacial score (nSPS) is 21.8. The number of hydrogen-bond acceptors (Lipinski definition) is 2. The molecule has 1 aromatic rings. The second kappa shape index (κ2) is 6.10. The first kappa shape index (κ1) is 14.4. The smallest absolute Gasteiger partial charge is 0.227 e. The van der Waals surface area contributed by atoms with Crippen LogP contribution in [0.15, 0.2) is 18.2 Å². The predicted octanol–water partition coefficient (Wildman–Crippen LogP) is 2.53. The summed E-state index contributed by atoms with van der Waals surface area (Å²) in [4.78, 5) is 13.9. The van der Waals surface area contributed by atoms with Crippen molar-refractivity contribution in [2.45, 2.75) is 31.8 Å². The Hall–Kier alpha value is -1.49. The van der Waals surface area contributed by atoms with Gasteiger partial charge < -0.3 is 9.64 Å². The van der Waals surface area contributed by atoms with Gasteiger partial charge in [-0.15, -0.1) is 0 Å². The van der Waals surface area contributed by atoms with Gasteiger partial charge in [-0.3, -0.25) is 4.79 Å². The molecule has 1 aliphatic carbocycles. The largest absolute Gasteiger partial charge is 0.376 e. The van der Waals surface area contributed by atoms with E-state index in [0.717, 1.165) is 19.1 Å². The van der Waals surface area contributed by atoms with Gasteiger partial charge in [0.05, 0.1) is 12.5 Å². The Balaban J connectivity index is 1.51. The highest BCUT2D eigenvalue weighted by molar-refractivity contribution is 5.79. The molecule has 1 saturated heterocycles. The molecule has 1 saturated carbocycles. The van der Waals surface area contributed by atoms with Crippen LogP contribution in [-0.2, 0) is 16.0 Å². The first-order valence-corrected chi connectivity index (χ1v) is 7.45. The summed E-state index contributed by atoms with van der Waals surface area (Å²) in [6, 6.07) is 3.32. The van der Waals surface area contributed by atoms with Gasteiger partial charge >= 0.3 is 0 Å². The van der Waals surface area contributed by atoms with Crippen LogP contribution in [0.5, 0.6) is 0 Å². The van der Waals surface area contributed by atoms with E-state index in [1.807, 2.05) is 0 Å². The fraction of sp³-hybridized carbons (Fsp3) is 0.562. The van der Waals surface area contributed by atoms with E-state index in [9.17, 15) is 13.6 Å². The predicted molar refractivity (Wildman–Crippen MR) is 73.7 cm³/mol. The van der Waals surface area contributed by atoms with E-state index in [2.05, 4.69) is 0 Å². The minimum absolute atomic E-state index is 0.0263. The molecule has 1 amide bonds. The number of benzene rings is 1. The van der Waals surface area contributed by atoms with Crippen LogP contribution in [0.25, 0.3) is 0 Å². The molecule has 0 N–H and O–H groups in total. The molecule has 1 heterocycles. The topological polar surface area (TPSA) is 29.5 Å². The maximum absolute atomic E-state index is 13.6. The summed E-state index contributed by atoms with van der Waals surface area (Å²) in [5, 5.41) is 0. The van der Waals surface area contributed by atoms with E-state index in [4.69, 9.17) is 4.74 Å². The third kappa shape index (κ3) is 3.79. The molecule has 5 heteroatoms. The van der Waals surface area contributed by atoms with Crippen LogP contribution in [0.4, 0.5) is 8.78 Å². The summed E-state index contributed by atoms with van der Waals surface area (Å²) in [5.41, 5.74) is 0.240.